The Labute approximate surface area is 93.7 Å². The largest absolute Gasteiger partial charge is 0.207 e. The molecule has 0 nitrogen and oxygen atoms in total. The predicted octanol–water partition coefficient (Wildman–Crippen LogP) is 4.53. The van der Waals surface area contributed by atoms with E-state index in [0.29, 0.717) is 0 Å². The third-order valence-electron chi connectivity index (χ3n) is 2.21. The molecule has 14 heavy (non-hydrogen) atoms. The summed E-state index contributed by atoms with van der Waals surface area (Å²) in [7, 11) is 0. The molecule has 0 aliphatic carbocycles. The fraction of sp³-hybridized carbons (Fsp3) is 0.417. The van der Waals surface area contributed by atoms with Crippen LogP contribution in [0.5, 0.6) is 0 Å². The molecule has 0 aliphatic rings. The molecule has 0 amide bonds. The van der Waals surface area contributed by atoms with Crippen molar-refractivity contribution in [3.63, 3.8) is 0 Å². The Morgan fingerprint density at radius 2 is 2.00 bits per heavy atom. The van der Waals surface area contributed by atoms with Crippen LogP contribution in [-0.2, 0) is 6.42 Å². The van der Waals surface area contributed by atoms with Gasteiger partial charge in [0.25, 0.3) is 0 Å². The van der Waals surface area contributed by atoms with E-state index >= 15 is 0 Å². The topological polar surface area (TPSA) is 0 Å². The third kappa shape index (κ3) is 3.79. The maximum atomic E-state index is 13.3. The van der Waals surface area contributed by atoms with Crippen LogP contribution in [0, 0.1) is 12.7 Å². The van der Waals surface area contributed by atoms with Gasteiger partial charge >= 0.3 is 0 Å². The second-order valence-corrected chi connectivity index (χ2v) is 4.32. The van der Waals surface area contributed by atoms with E-state index in [9.17, 15) is 4.39 Å². The van der Waals surface area contributed by atoms with Crippen molar-refractivity contribution in [3.8, 4) is 0 Å². The third-order valence-corrected chi connectivity index (χ3v) is 2.70. The number of unbranched alkanes of at least 4 members (excludes halogenated alkanes) is 3. The summed E-state index contributed by atoms with van der Waals surface area (Å²) in [5.41, 5.74) is 0.817. The van der Waals surface area contributed by atoms with Gasteiger partial charge in [0, 0.05) is 4.47 Å². The smallest absolute Gasteiger partial charge is 0.127 e. The Morgan fingerprint density at radius 1 is 1.21 bits per heavy atom. The van der Waals surface area contributed by atoms with Crippen molar-refractivity contribution in [2.75, 3.05) is 0 Å². The lowest BCUT2D eigenvalue weighted by Crippen LogP contribution is -1.90. The SMILES string of the molecule is [CH2]CCCCCc1ccc(Br)cc1F. The summed E-state index contributed by atoms with van der Waals surface area (Å²) in [6, 6.07) is 5.26. The summed E-state index contributed by atoms with van der Waals surface area (Å²) >= 11 is 3.24. The van der Waals surface area contributed by atoms with Gasteiger partial charge in [-0.25, -0.2) is 4.39 Å². The fourth-order valence-corrected chi connectivity index (χ4v) is 1.73. The zero-order valence-corrected chi connectivity index (χ0v) is 9.82. The van der Waals surface area contributed by atoms with Gasteiger partial charge in [-0.3, -0.25) is 0 Å². The van der Waals surface area contributed by atoms with Gasteiger partial charge in [-0.1, -0.05) is 48.2 Å². The first-order chi connectivity index (χ1) is 6.74. The summed E-state index contributed by atoms with van der Waals surface area (Å²) in [4.78, 5) is 0. The Bertz CT molecular complexity index is 284. The minimum absolute atomic E-state index is 0.103. The lowest BCUT2D eigenvalue weighted by Gasteiger charge is -2.03. The summed E-state index contributed by atoms with van der Waals surface area (Å²) < 4.78 is 14.1. The zero-order chi connectivity index (χ0) is 10.4. The monoisotopic (exact) mass is 257 g/mol. The van der Waals surface area contributed by atoms with Gasteiger partial charge in [-0.15, -0.1) is 0 Å². The molecular formula is C12H15BrF. The molecule has 1 aromatic rings. The lowest BCUT2D eigenvalue weighted by atomic mass is 10.1. The van der Waals surface area contributed by atoms with E-state index in [4.69, 9.17) is 0 Å². The summed E-state index contributed by atoms with van der Waals surface area (Å²) in [5.74, 6) is -0.103. The Kier molecular flexibility index (Phi) is 5.16. The minimum atomic E-state index is -0.103. The van der Waals surface area contributed by atoms with E-state index in [2.05, 4.69) is 22.9 Å². The van der Waals surface area contributed by atoms with Crippen LogP contribution < -0.4 is 0 Å². The molecule has 0 saturated carbocycles. The van der Waals surface area contributed by atoms with Crippen LogP contribution in [0.4, 0.5) is 4.39 Å². The molecule has 0 aromatic heterocycles. The summed E-state index contributed by atoms with van der Waals surface area (Å²) in [6.45, 7) is 3.78. The van der Waals surface area contributed by atoms with Gasteiger partial charge in [-0.05, 0) is 30.5 Å². The molecule has 1 rings (SSSR count). The van der Waals surface area contributed by atoms with Crippen molar-refractivity contribution in [2.45, 2.75) is 32.1 Å². The maximum absolute atomic E-state index is 13.3. The summed E-state index contributed by atoms with van der Waals surface area (Å²) in [6.07, 6.45) is 5.13. The number of benzene rings is 1. The maximum Gasteiger partial charge on any atom is 0.127 e. The highest BCUT2D eigenvalue weighted by Gasteiger charge is 2.01. The minimum Gasteiger partial charge on any atom is -0.207 e. The van der Waals surface area contributed by atoms with E-state index in [0.717, 1.165) is 42.1 Å². The first-order valence-corrected chi connectivity index (χ1v) is 5.76. The molecule has 0 heterocycles. The Morgan fingerprint density at radius 3 is 2.64 bits per heavy atom. The molecule has 0 spiro atoms. The summed E-state index contributed by atoms with van der Waals surface area (Å²) in [5, 5.41) is 0. The number of hydrogen-bond donors (Lipinski definition) is 0. The van der Waals surface area contributed by atoms with Gasteiger partial charge in [0.1, 0.15) is 5.82 Å². The van der Waals surface area contributed by atoms with Crippen molar-refractivity contribution in [3.05, 3.63) is 41.0 Å². The first kappa shape index (κ1) is 11.7. The molecule has 77 valence electrons. The van der Waals surface area contributed by atoms with Crippen molar-refractivity contribution in [2.24, 2.45) is 0 Å². The average Bonchev–Trinajstić information content (AvgIpc) is 2.15. The normalized spacial score (nSPS) is 10.5. The quantitative estimate of drug-likeness (QED) is 0.681. The number of rotatable bonds is 5. The van der Waals surface area contributed by atoms with E-state index in [-0.39, 0.29) is 5.82 Å². The Hall–Kier alpha value is -0.370. The van der Waals surface area contributed by atoms with Crippen molar-refractivity contribution >= 4 is 15.9 Å². The second-order valence-electron chi connectivity index (χ2n) is 3.40. The van der Waals surface area contributed by atoms with E-state index in [1.807, 2.05) is 12.1 Å². The second kappa shape index (κ2) is 6.18. The van der Waals surface area contributed by atoms with E-state index < -0.39 is 0 Å². The standard InChI is InChI=1S/C12H15BrF/c1-2-3-4-5-6-10-7-8-11(13)9-12(10)14/h7-9H,1-6H2. The molecule has 1 aromatic carbocycles. The number of halogens is 2. The van der Waals surface area contributed by atoms with E-state index in [1.165, 1.54) is 6.07 Å². The highest BCUT2D eigenvalue weighted by Crippen LogP contribution is 2.17. The highest BCUT2D eigenvalue weighted by atomic mass is 79.9. The number of hydrogen-bond acceptors (Lipinski definition) is 0. The van der Waals surface area contributed by atoms with Crippen LogP contribution in [0.15, 0.2) is 22.7 Å². The number of aryl methyl sites for hydroxylation is 1. The first-order valence-electron chi connectivity index (χ1n) is 4.97. The molecule has 2 heteroatoms. The highest BCUT2D eigenvalue weighted by molar-refractivity contribution is 9.10. The van der Waals surface area contributed by atoms with Crippen LogP contribution >= 0.6 is 15.9 Å². The molecule has 0 saturated heterocycles. The molecule has 1 radical (unpaired) electrons. The lowest BCUT2D eigenvalue weighted by molar-refractivity contribution is 0.595. The molecule has 0 unspecified atom stereocenters. The molecule has 0 aliphatic heterocycles. The van der Waals surface area contributed by atoms with Crippen molar-refractivity contribution < 1.29 is 4.39 Å². The Balaban J connectivity index is 2.42. The van der Waals surface area contributed by atoms with Gasteiger partial charge < -0.3 is 0 Å². The van der Waals surface area contributed by atoms with Crippen LogP contribution in [0.2, 0.25) is 0 Å². The molecule has 0 bridgehead atoms. The van der Waals surface area contributed by atoms with Crippen LogP contribution in [0.25, 0.3) is 0 Å². The van der Waals surface area contributed by atoms with Crippen molar-refractivity contribution in [1.29, 1.82) is 0 Å². The van der Waals surface area contributed by atoms with Gasteiger partial charge in [0.15, 0.2) is 0 Å². The zero-order valence-electron chi connectivity index (χ0n) is 8.23. The molecule has 0 N–H and O–H groups in total. The van der Waals surface area contributed by atoms with Crippen LogP contribution in [0.3, 0.4) is 0 Å². The molecular weight excluding hydrogens is 243 g/mol. The van der Waals surface area contributed by atoms with Gasteiger partial charge in [0.2, 0.25) is 0 Å². The van der Waals surface area contributed by atoms with Crippen molar-refractivity contribution in [1.82, 2.24) is 0 Å². The average molecular weight is 258 g/mol. The van der Waals surface area contributed by atoms with E-state index in [1.54, 1.807) is 0 Å². The van der Waals surface area contributed by atoms with Gasteiger partial charge in [-0.2, -0.15) is 0 Å². The predicted molar refractivity (Wildman–Crippen MR) is 61.6 cm³/mol. The van der Waals surface area contributed by atoms with Crippen LogP contribution in [0.1, 0.15) is 31.2 Å². The molecule has 0 atom stereocenters. The molecule has 0 fully saturated rings. The van der Waals surface area contributed by atoms with Crippen LogP contribution in [-0.4, -0.2) is 0 Å². The fourth-order valence-electron chi connectivity index (χ4n) is 1.39. The van der Waals surface area contributed by atoms with Gasteiger partial charge in [0.05, 0.1) is 0 Å².